The van der Waals surface area contributed by atoms with E-state index in [1.807, 2.05) is 18.7 Å². The molecule has 5 nitrogen and oxygen atoms in total. The summed E-state index contributed by atoms with van der Waals surface area (Å²) in [5.74, 6) is 2.52. The van der Waals surface area contributed by atoms with Gasteiger partial charge in [0.2, 0.25) is 0 Å². The first-order valence-corrected chi connectivity index (χ1v) is 10.6. The molecule has 0 saturated carbocycles. The topological polar surface area (TPSA) is 61.4 Å². The van der Waals surface area contributed by atoms with Crippen LogP contribution in [0.25, 0.3) is 0 Å². The van der Waals surface area contributed by atoms with Gasteiger partial charge in [-0.2, -0.15) is 29.2 Å². The maximum absolute atomic E-state index is 12.4. The number of hydrogen-bond donors (Lipinski definition) is 2. The van der Waals surface area contributed by atoms with Gasteiger partial charge in [0, 0.05) is 19.1 Å². The highest BCUT2D eigenvalue weighted by Gasteiger charge is 2.29. The van der Waals surface area contributed by atoms with E-state index in [9.17, 15) is 8.42 Å². The minimum atomic E-state index is -3.33. The summed E-state index contributed by atoms with van der Waals surface area (Å²) in [6.45, 7) is 9.28. The van der Waals surface area contributed by atoms with Crippen LogP contribution in [0.3, 0.4) is 0 Å². The smallest absolute Gasteiger partial charge is 0.279 e. The van der Waals surface area contributed by atoms with Crippen LogP contribution in [0, 0.1) is 5.92 Å². The Hall–Kier alpha value is 0.180. The first-order chi connectivity index (χ1) is 9.99. The van der Waals surface area contributed by atoms with Gasteiger partial charge in [-0.3, -0.25) is 0 Å². The average molecular weight is 338 g/mol. The van der Waals surface area contributed by atoms with Gasteiger partial charge in [-0.25, -0.2) is 0 Å². The van der Waals surface area contributed by atoms with Crippen molar-refractivity contribution in [3.05, 3.63) is 0 Å². The van der Waals surface area contributed by atoms with Crippen molar-refractivity contribution in [2.75, 3.05) is 37.7 Å². The Kier molecular flexibility index (Phi) is 9.20. The van der Waals surface area contributed by atoms with Crippen molar-refractivity contribution in [1.82, 2.24) is 14.3 Å². The summed E-state index contributed by atoms with van der Waals surface area (Å²) < 4.78 is 29.3. The van der Waals surface area contributed by atoms with Gasteiger partial charge in [-0.05, 0) is 56.7 Å². The van der Waals surface area contributed by atoms with Crippen LogP contribution in [0.1, 0.15) is 40.0 Å². The number of thioether (sulfide) groups is 1. The first-order valence-electron chi connectivity index (χ1n) is 8.05. The van der Waals surface area contributed by atoms with Crippen molar-refractivity contribution in [2.24, 2.45) is 5.92 Å². The lowest BCUT2D eigenvalue weighted by molar-refractivity contribution is 0.257. The molecule has 0 aromatic carbocycles. The number of hydrogen-bond acceptors (Lipinski definition) is 4. The van der Waals surface area contributed by atoms with Crippen molar-refractivity contribution >= 4 is 22.0 Å². The number of piperidine rings is 1. The molecule has 0 bridgehead atoms. The number of nitrogens with one attached hydrogen (secondary N) is 2. The van der Waals surface area contributed by atoms with Crippen LogP contribution < -0.4 is 10.0 Å². The van der Waals surface area contributed by atoms with E-state index in [1.54, 1.807) is 4.31 Å². The van der Waals surface area contributed by atoms with Crippen LogP contribution in [0.15, 0.2) is 0 Å². The normalized spacial score (nSPS) is 22.3. The second kappa shape index (κ2) is 10.0. The van der Waals surface area contributed by atoms with Crippen molar-refractivity contribution in [3.63, 3.8) is 0 Å². The van der Waals surface area contributed by atoms with Crippen molar-refractivity contribution in [3.8, 4) is 0 Å². The third kappa shape index (κ3) is 7.32. The van der Waals surface area contributed by atoms with Gasteiger partial charge < -0.3 is 5.32 Å². The monoisotopic (exact) mass is 337 g/mol. The fourth-order valence-electron chi connectivity index (χ4n) is 2.55. The largest absolute Gasteiger partial charge is 0.317 e. The molecule has 7 heteroatoms. The lowest BCUT2D eigenvalue weighted by atomic mass is 10.00. The molecule has 2 N–H and O–H groups in total. The van der Waals surface area contributed by atoms with Crippen molar-refractivity contribution in [2.45, 2.75) is 46.1 Å². The Morgan fingerprint density at radius 3 is 2.81 bits per heavy atom. The van der Waals surface area contributed by atoms with Gasteiger partial charge in [0.1, 0.15) is 0 Å². The van der Waals surface area contributed by atoms with E-state index < -0.39 is 10.2 Å². The summed E-state index contributed by atoms with van der Waals surface area (Å²) in [5.41, 5.74) is 0. The molecular weight excluding hydrogens is 306 g/mol. The standard InChI is InChI=1S/C14H31N3O2S2/c1-4-15-11-14-7-6-9-17(12-14)21(18,19)16-13(3)8-10-20-5-2/h13-16H,4-12H2,1-3H3. The minimum Gasteiger partial charge on any atom is -0.317 e. The molecule has 0 aromatic rings. The van der Waals surface area contributed by atoms with E-state index in [-0.39, 0.29) is 6.04 Å². The van der Waals surface area contributed by atoms with Crippen LogP contribution in [-0.4, -0.2) is 56.4 Å². The summed E-state index contributed by atoms with van der Waals surface area (Å²) in [7, 11) is -3.33. The number of rotatable bonds is 10. The summed E-state index contributed by atoms with van der Waals surface area (Å²) in [4.78, 5) is 0. The van der Waals surface area contributed by atoms with E-state index >= 15 is 0 Å². The third-order valence-electron chi connectivity index (χ3n) is 3.75. The highest BCUT2D eigenvalue weighted by Crippen LogP contribution is 2.18. The second-order valence-corrected chi connectivity index (χ2v) is 8.78. The van der Waals surface area contributed by atoms with Gasteiger partial charge in [-0.15, -0.1) is 0 Å². The van der Waals surface area contributed by atoms with E-state index in [0.29, 0.717) is 19.0 Å². The molecule has 0 amide bonds. The van der Waals surface area contributed by atoms with Crippen molar-refractivity contribution < 1.29 is 8.42 Å². The van der Waals surface area contributed by atoms with E-state index in [2.05, 4.69) is 23.9 Å². The third-order valence-corrected chi connectivity index (χ3v) is 6.40. The average Bonchev–Trinajstić information content (AvgIpc) is 2.45. The minimum absolute atomic E-state index is 0.00296. The quantitative estimate of drug-likeness (QED) is 0.595. The first kappa shape index (κ1) is 19.2. The molecule has 1 saturated heterocycles. The van der Waals surface area contributed by atoms with E-state index in [0.717, 1.165) is 43.9 Å². The molecule has 0 aliphatic carbocycles. The Balaban J connectivity index is 2.45. The second-order valence-electron chi connectivity index (χ2n) is 5.68. The SMILES string of the molecule is CCNCC1CCCN(S(=O)(=O)NC(C)CCSCC)C1. The fraction of sp³-hybridized carbons (Fsp3) is 1.00. The molecule has 1 rings (SSSR count). The van der Waals surface area contributed by atoms with E-state index in [4.69, 9.17) is 0 Å². The zero-order valence-corrected chi connectivity index (χ0v) is 15.2. The molecule has 2 unspecified atom stereocenters. The van der Waals surface area contributed by atoms with E-state index in [1.165, 1.54) is 0 Å². The predicted octanol–water partition coefficient (Wildman–Crippen LogP) is 1.67. The molecule has 0 aromatic heterocycles. The summed E-state index contributed by atoms with van der Waals surface area (Å²) in [6.07, 6.45) is 2.95. The zero-order valence-electron chi connectivity index (χ0n) is 13.6. The van der Waals surface area contributed by atoms with Crippen LogP contribution in [0.2, 0.25) is 0 Å². The lowest BCUT2D eigenvalue weighted by Gasteiger charge is -2.32. The molecule has 1 fully saturated rings. The molecule has 126 valence electrons. The molecule has 21 heavy (non-hydrogen) atoms. The maximum Gasteiger partial charge on any atom is 0.279 e. The predicted molar refractivity (Wildman–Crippen MR) is 92.0 cm³/mol. The highest BCUT2D eigenvalue weighted by molar-refractivity contribution is 7.99. The molecule has 0 spiro atoms. The summed E-state index contributed by atoms with van der Waals surface area (Å²) >= 11 is 1.85. The van der Waals surface area contributed by atoms with Gasteiger partial charge in [0.25, 0.3) is 10.2 Å². The Morgan fingerprint density at radius 2 is 2.14 bits per heavy atom. The maximum atomic E-state index is 12.4. The van der Waals surface area contributed by atoms with Gasteiger partial charge in [0.05, 0.1) is 0 Å². The van der Waals surface area contributed by atoms with Gasteiger partial charge >= 0.3 is 0 Å². The summed E-state index contributed by atoms with van der Waals surface area (Å²) in [5, 5.41) is 3.32. The van der Waals surface area contributed by atoms with Gasteiger partial charge in [-0.1, -0.05) is 13.8 Å². The van der Waals surface area contributed by atoms with Crippen LogP contribution in [0.5, 0.6) is 0 Å². The van der Waals surface area contributed by atoms with Crippen molar-refractivity contribution in [1.29, 1.82) is 0 Å². The summed E-state index contributed by atoms with van der Waals surface area (Å²) in [6, 6.07) is 0.00296. The molecule has 1 heterocycles. The molecular formula is C14H31N3O2S2. The Bertz CT molecular complexity index is 376. The molecule has 1 aliphatic rings. The zero-order chi connectivity index (χ0) is 15.7. The lowest BCUT2D eigenvalue weighted by Crippen LogP contribution is -2.49. The Morgan fingerprint density at radius 1 is 1.38 bits per heavy atom. The highest BCUT2D eigenvalue weighted by atomic mass is 32.2. The number of nitrogens with zero attached hydrogens (tertiary/aromatic N) is 1. The van der Waals surface area contributed by atoms with Crippen LogP contribution >= 0.6 is 11.8 Å². The molecule has 1 aliphatic heterocycles. The van der Waals surface area contributed by atoms with Crippen LogP contribution in [-0.2, 0) is 10.2 Å². The molecule has 2 atom stereocenters. The van der Waals surface area contributed by atoms with Crippen LogP contribution in [0.4, 0.5) is 0 Å². The fourth-order valence-corrected chi connectivity index (χ4v) is 4.91. The Labute approximate surface area is 134 Å². The van der Waals surface area contributed by atoms with Gasteiger partial charge in [0.15, 0.2) is 0 Å². The molecule has 0 radical (unpaired) electrons.